The van der Waals surface area contributed by atoms with Crippen molar-refractivity contribution in [1.82, 2.24) is 15.6 Å². The number of carbonyl (C=O) groups is 2. The minimum absolute atomic E-state index is 0.0723. The summed E-state index contributed by atoms with van der Waals surface area (Å²) in [6, 6.07) is 4.18. The van der Waals surface area contributed by atoms with Crippen molar-refractivity contribution in [3.8, 4) is 5.75 Å². The highest BCUT2D eigenvalue weighted by Gasteiger charge is 2.54. The van der Waals surface area contributed by atoms with Gasteiger partial charge in [-0.2, -0.15) is 0 Å². The molecule has 0 atom stereocenters. The first kappa shape index (κ1) is 22.7. The number of methoxy groups -OCH3 is 1. The molecule has 33 heavy (non-hydrogen) atoms. The van der Waals surface area contributed by atoms with Crippen LogP contribution in [0.3, 0.4) is 0 Å². The molecule has 4 bridgehead atoms. The summed E-state index contributed by atoms with van der Waals surface area (Å²) in [4.78, 5) is 25.8. The lowest BCUT2D eigenvalue weighted by Gasteiger charge is -2.55. The molecule has 9 heteroatoms. The van der Waals surface area contributed by atoms with E-state index in [1.165, 1.54) is 44.6 Å². The van der Waals surface area contributed by atoms with E-state index in [4.69, 9.17) is 4.74 Å². The molecule has 5 aliphatic rings. The Morgan fingerprint density at radius 1 is 0.970 bits per heavy atom. The van der Waals surface area contributed by atoms with Crippen molar-refractivity contribution >= 4 is 21.8 Å². The summed E-state index contributed by atoms with van der Waals surface area (Å²) < 4.78 is 33.9. The second-order valence-corrected chi connectivity index (χ2v) is 12.3. The highest BCUT2D eigenvalue weighted by molar-refractivity contribution is 7.89. The molecule has 0 spiro atoms. The van der Waals surface area contributed by atoms with Gasteiger partial charge >= 0.3 is 0 Å². The Labute approximate surface area is 195 Å². The van der Waals surface area contributed by atoms with Gasteiger partial charge in [-0.05, 0) is 87.3 Å². The first-order chi connectivity index (χ1) is 15.8. The van der Waals surface area contributed by atoms with Gasteiger partial charge in [0, 0.05) is 11.6 Å². The van der Waals surface area contributed by atoms with Crippen molar-refractivity contribution in [2.24, 2.45) is 23.2 Å². The lowest BCUT2D eigenvalue weighted by Crippen LogP contribution is -2.56. The van der Waals surface area contributed by atoms with Gasteiger partial charge in [-0.25, -0.2) is 13.1 Å². The molecule has 3 N–H and O–H groups in total. The smallest absolute Gasteiger partial charge is 0.269 e. The van der Waals surface area contributed by atoms with Crippen molar-refractivity contribution in [2.45, 2.75) is 75.1 Å². The Kier molecular flexibility index (Phi) is 5.89. The molecule has 0 aliphatic heterocycles. The average Bonchev–Trinajstić information content (AvgIpc) is 3.28. The quantitative estimate of drug-likeness (QED) is 0.548. The third-order valence-corrected chi connectivity index (χ3v) is 9.74. The molecule has 0 unspecified atom stereocenters. The Hall–Kier alpha value is -2.13. The van der Waals surface area contributed by atoms with Gasteiger partial charge in [-0.1, -0.05) is 12.8 Å². The number of nitrogens with one attached hydrogen (secondary N) is 3. The predicted molar refractivity (Wildman–Crippen MR) is 122 cm³/mol. The first-order valence-corrected chi connectivity index (χ1v) is 13.6. The number of hydrazine groups is 1. The third kappa shape index (κ3) is 4.37. The molecule has 5 aliphatic carbocycles. The molecule has 0 radical (unpaired) electrons. The van der Waals surface area contributed by atoms with Crippen LogP contribution in [0.4, 0.5) is 0 Å². The van der Waals surface area contributed by atoms with Gasteiger partial charge in [0.1, 0.15) is 10.6 Å². The lowest BCUT2D eigenvalue weighted by molar-refractivity contribution is -0.147. The molecule has 5 fully saturated rings. The number of hydrogen-bond donors (Lipinski definition) is 3. The van der Waals surface area contributed by atoms with Crippen molar-refractivity contribution in [3.63, 3.8) is 0 Å². The zero-order chi connectivity index (χ0) is 23.2. The van der Waals surface area contributed by atoms with Gasteiger partial charge in [0.05, 0.1) is 12.5 Å². The topological polar surface area (TPSA) is 114 Å². The van der Waals surface area contributed by atoms with Crippen LogP contribution >= 0.6 is 0 Å². The fourth-order valence-electron chi connectivity index (χ4n) is 7.06. The van der Waals surface area contributed by atoms with Crippen molar-refractivity contribution in [1.29, 1.82) is 0 Å². The largest absolute Gasteiger partial charge is 0.495 e. The highest BCUT2D eigenvalue weighted by atomic mass is 32.2. The maximum absolute atomic E-state index is 13.1. The van der Waals surface area contributed by atoms with E-state index in [9.17, 15) is 18.0 Å². The molecule has 0 aromatic heterocycles. The molecule has 2 amide bonds. The van der Waals surface area contributed by atoms with Gasteiger partial charge in [-0.3, -0.25) is 20.4 Å². The molecular formula is C24H33N3O5S. The third-order valence-electron chi connectivity index (χ3n) is 8.20. The summed E-state index contributed by atoms with van der Waals surface area (Å²) in [6.45, 7) is 0. The SMILES string of the molecule is COc1ccc(C(=O)NNC(=O)C23CC4CC(CC(C4)C2)C3)cc1S(=O)(=O)NC1CCCC1. The molecule has 0 heterocycles. The lowest BCUT2D eigenvalue weighted by atomic mass is 9.49. The molecular weight excluding hydrogens is 442 g/mol. The monoisotopic (exact) mass is 475 g/mol. The van der Waals surface area contributed by atoms with Crippen LogP contribution in [-0.4, -0.2) is 33.4 Å². The van der Waals surface area contributed by atoms with E-state index in [0.717, 1.165) is 44.9 Å². The van der Waals surface area contributed by atoms with Crippen LogP contribution in [0.15, 0.2) is 23.1 Å². The van der Waals surface area contributed by atoms with Crippen LogP contribution in [0.2, 0.25) is 0 Å². The van der Waals surface area contributed by atoms with E-state index in [2.05, 4.69) is 15.6 Å². The van der Waals surface area contributed by atoms with Crippen LogP contribution in [0.5, 0.6) is 5.75 Å². The number of amides is 2. The van der Waals surface area contributed by atoms with Gasteiger partial charge < -0.3 is 4.74 Å². The Morgan fingerprint density at radius 2 is 1.58 bits per heavy atom. The molecule has 180 valence electrons. The molecule has 1 aromatic carbocycles. The van der Waals surface area contributed by atoms with Crippen LogP contribution in [0, 0.1) is 23.2 Å². The summed E-state index contributed by atoms with van der Waals surface area (Å²) in [5.74, 6) is 1.39. The van der Waals surface area contributed by atoms with E-state index >= 15 is 0 Å². The van der Waals surface area contributed by atoms with E-state index in [-0.39, 0.29) is 33.6 Å². The standard InChI is InChI=1S/C24H33N3O5S/c1-32-20-7-6-18(11-21(20)33(30,31)27-19-4-2-3-5-19)22(28)25-26-23(29)24-12-15-8-16(13-24)10-17(9-15)14-24/h6-7,11,15-17,19,27H,2-5,8-10,12-14H2,1H3,(H,25,28)(H,26,29). The fourth-order valence-corrected chi connectivity index (χ4v) is 8.56. The van der Waals surface area contributed by atoms with Crippen molar-refractivity contribution < 1.29 is 22.7 Å². The number of ether oxygens (including phenoxy) is 1. The Morgan fingerprint density at radius 3 is 2.15 bits per heavy atom. The first-order valence-electron chi connectivity index (χ1n) is 12.1. The minimum atomic E-state index is -3.85. The van der Waals surface area contributed by atoms with E-state index in [1.54, 1.807) is 0 Å². The summed E-state index contributed by atoms with van der Waals surface area (Å²) in [6.07, 6.45) is 10.0. The van der Waals surface area contributed by atoms with Gasteiger partial charge in [0.2, 0.25) is 15.9 Å². The average molecular weight is 476 g/mol. The maximum atomic E-state index is 13.1. The van der Waals surface area contributed by atoms with Crippen LogP contribution in [-0.2, 0) is 14.8 Å². The molecule has 0 saturated heterocycles. The molecule has 1 aromatic rings. The number of sulfonamides is 1. The van der Waals surface area contributed by atoms with E-state index in [0.29, 0.717) is 17.8 Å². The van der Waals surface area contributed by atoms with Crippen molar-refractivity contribution in [2.75, 3.05) is 7.11 Å². The molecule has 5 saturated carbocycles. The normalized spacial score (nSPS) is 30.9. The Balaban J connectivity index is 1.28. The second kappa shape index (κ2) is 8.58. The van der Waals surface area contributed by atoms with Crippen LogP contribution < -0.4 is 20.3 Å². The maximum Gasteiger partial charge on any atom is 0.269 e. The molecule has 8 nitrogen and oxygen atoms in total. The van der Waals surface area contributed by atoms with E-state index in [1.807, 2.05) is 0 Å². The zero-order valence-corrected chi connectivity index (χ0v) is 19.9. The van der Waals surface area contributed by atoms with Gasteiger partial charge in [0.15, 0.2) is 0 Å². The predicted octanol–water partition coefficient (Wildman–Crippen LogP) is 2.89. The number of hydrogen-bond acceptors (Lipinski definition) is 5. The van der Waals surface area contributed by atoms with Crippen LogP contribution in [0.25, 0.3) is 0 Å². The summed E-state index contributed by atoms with van der Waals surface area (Å²) in [7, 11) is -2.45. The van der Waals surface area contributed by atoms with Gasteiger partial charge in [0.25, 0.3) is 5.91 Å². The van der Waals surface area contributed by atoms with E-state index < -0.39 is 15.9 Å². The number of rotatable bonds is 6. The summed E-state index contributed by atoms with van der Waals surface area (Å²) >= 11 is 0. The number of benzene rings is 1. The van der Waals surface area contributed by atoms with Gasteiger partial charge in [-0.15, -0.1) is 0 Å². The minimum Gasteiger partial charge on any atom is -0.495 e. The summed E-state index contributed by atoms with van der Waals surface area (Å²) in [5, 5.41) is 0. The fraction of sp³-hybridized carbons (Fsp3) is 0.667. The van der Waals surface area contributed by atoms with Crippen LogP contribution in [0.1, 0.15) is 74.6 Å². The second-order valence-electron chi connectivity index (χ2n) is 10.6. The molecule has 6 rings (SSSR count). The Bertz CT molecular complexity index is 1010. The zero-order valence-electron chi connectivity index (χ0n) is 19.1. The number of carbonyl (C=O) groups excluding carboxylic acids is 2. The van der Waals surface area contributed by atoms with Crippen molar-refractivity contribution in [3.05, 3.63) is 23.8 Å². The highest BCUT2D eigenvalue weighted by Crippen LogP contribution is 2.60. The summed E-state index contributed by atoms with van der Waals surface area (Å²) in [5.41, 5.74) is 4.94.